The minimum Gasteiger partial charge on any atom is -0.455 e. The lowest BCUT2D eigenvalue weighted by Gasteiger charge is -2.26. The molecule has 10 aromatic rings. The Labute approximate surface area is 287 Å². The number of thiophene rings is 1. The van der Waals surface area contributed by atoms with Gasteiger partial charge in [0.15, 0.2) is 0 Å². The molecule has 0 saturated heterocycles. The minimum absolute atomic E-state index is 0.912. The summed E-state index contributed by atoms with van der Waals surface area (Å²) in [5, 5.41) is 7.35. The highest BCUT2D eigenvalue weighted by molar-refractivity contribution is 7.25. The normalized spacial score (nSPS) is 11.7. The SMILES string of the molecule is c1cc(-c2ccc3ccccc3c2)cc(N(c2ccc(-c3cccc4c3oc3ccccc34)cc2)c2ccc3sc4ccccc4c3c2)c1. The molecule has 2 heterocycles. The molecule has 0 fully saturated rings. The highest BCUT2D eigenvalue weighted by Crippen LogP contribution is 2.43. The van der Waals surface area contributed by atoms with E-state index < -0.39 is 0 Å². The molecule has 2 nitrogen and oxygen atoms in total. The van der Waals surface area contributed by atoms with E-state index in [0.29, 0.717) is 0 Å². The van der Waals surface area contributed by atoms with Gasteiger partial charge in [-0.1, -0.05) is 115 Å². The van der Waals surface area contributed by atoms with Crippen molar-refractivity contribution in [3.05, 3.63) is 176 Å². The molecular formula is C46H29NOS. The Morgan fingerprint density at radius 3 is 1.98 bits per heavy atom. The zero-order chi connectivity index (χ0) is 32.3. The maximum atomic E-state index is 6.40. The zero-order valence-corrected chi connectivity index (χ0v) is 27.3. The van der Waals surface area contributed by atoms with Gasteiger partial charge in [0.25, 0.3) is 0 Å². The molecule has 0 aliphatic heterocycles. The van der Waals surface area contributed by atoms with Crippen LogP contribution in [-0.2, 0) is 0 Å². The number of anilines is 3. The van der Waals surface area contributed by atoms with Crippen LogP contribution < -0.4 is 4.90 Å². The van der Waals surface area contributed by atoms with Crippen molar-refractivity contribution >= 4 is 81.3 Å². The molecular weight excluding hydrogens is 615 g/mol. The van der Waals surface area contributed by atoms with Crippen molar-refractivity contribution in [2.45, 2.75) is 0 Å². The number of nitrogens with zero attached hydrogens (tertiary/aromatic N) is 1. The maximum Gasteiger partial charge on any atom is 0.143 e. The summed E-state index contributed by atoms with van der Waals surface area (Å²) in [6.07, 6.45) is 0. The van der Waals surface area contributed by atoms with Gasteiger partial charge >= 0.3 is 0 Å². The van der Waals surface area contributed by atoms with Gasteiger partial charge in [-0.2, -0.15) is 0 Å². The van der Waals surface area contributed by atoms with Gasteiger partial charge in [-0.15, -0.1) is 11.3 Å². The van der Waals surface area contributed by atoms with Crippen molar-refractivity contribution in [1.82, 2.24) is 0 Å². The van der Waals surface area contributed by atoms with E-state index in [2.05, 4.69) is 169 Å². The molecule has 0 atom stereocenters. The first-order valence-corrected chi connectivity index (χ1v) is 17.4. The third-order valence-corrected chi connectivity index (χ3v) is 10.8. The average molecular weight is 644 g/mol. The molecule has 0 unspecified atom stereocenters. The van der Waals surface area contributed by atoms with Gasteiger partial charge in [-0.05, 0) is 88.1 Å². The highest BCUT2D eigenvalue weighted by Gasteiger charge is 2.17. The van der Waals surface area contributed by atoms with E-state index in [4.69, 9.17) is 4.42 Å². The van der Waals surface area contributed by atoms with E-state index in [-0.39, 0.29) is 0 Å². The van der Waals surface area contributed by atoms with Crippen molar-refractivity contribution < 1.29 is 4.42 Å². The van der Waals surface area contributed by atoms with Crippen LogP contribution in [0.25, 0.3) is 75.1 Å². The van der Waals surface area contributed by atoms with Crippen LogP contribution in [0, 0.1) is 0 Å². The van der Waals surface area contributed by atoms with E-state index in [9.17, 15) is 0 Å². The minimum atomic E-state index is 0.912. The molecule has 0 aliphatic rings. The summed E-state index contributed by atoms with van der Waals surface area (Å²) in [6.45, 7) is 0. The lowest BCUT2D eigenvalue weighted by molar-refractivity contribution is 0.670. The molecule has 0 saturated carbocycles. The Balaban J connectivity index is 1.12. The van der Waals surface area contributed by atoms with Crippen molar-refractivity contribution in [3.8, 4) is 22.3 Å². The molecule has 3 heteroatoms. The third-order valence-electron chi connectivity index (χ3n) is 9.65. The topological polar surface area (TPSA) is 16.4 Å². The molecule has 8 aromatic carbocycles. The second kappa shape index (κ2) is 11.2. The molecule has 10 rings (SSSR count). The predicted octanol–water partition coefficient (Wildman–Crippen LogP) is 13.9. The second-order valence-electron chi connectivity index (χ2n) is 12.6. The Morgan fingerprint density at radius 2 is 1.06 bits per heavy atom. The summed E-state index contributed by atoms with van der Waals surface area (Å²) in [5.41, 5.74) is 9.76. The van der Waals surface area contributed by atoms with Crippen molar-refractivity contribution in [3.63, 3.8) is 0 Å². The Kier molecular flexibility index (Phi) is 6.39. The van der Waals surface area contributed by atoms with Crippen LogP contribution in [0.1, 0.15) is 0 Å². The number of rotatable bonds is 5. The summed E-state index contributed by atoms with van der Waals surface area (Å²) in [5.74, 6) is 0. The number of benzene rings is 8. The third kappa shape index (κ3) is 4.70. The first-order chi connectivity index (χ1) is 24.3. The molecule has 0 N–H and O–H groups in total. The van der Waals surface area contributed by atoms with Crippen LogP contribution in [0.2, 0.25) is 0 Å². The summed E-state index contributed by atoms with van der Waals surface area (Å²) in [4.78, 5) is 2.38. The number of para-hydroxylation sites is 2. The molecule has 2 aromatic heterocycles. The van der Waals surface area contributed by atoms with Gasteiger partial charge in [0.05, 0.1) is 0 Å². The van der Waals surface area contributed by atoms with E-state index in [1.54, 1.807) is 0 Å². The fourth-order valence-electron chi connectivity index (χ4n) is 7.26. The quantitative estimate of drug-likeness (QED) is 0.186. The Bertz CT molecular complexity index is 2840. The van der Waals surface area contributed by atoms with Crippen molar-refractivity contribution in [2.75, 3.05) is 4.90 Å². The van der Waals surface area contributed by atoms with Crippen LogP contribution in [-0.4, -0.2) is 0 Å². The molecule has 0 aliphatic carbocycles. The number of hydrogen-bond acceptors (Lipinski definition) is 3. The fourth-order valence-corrected chi connectivity index (χ4v) is 8.34. The summed E-state index contributed by atoms with van der Waals surface area (Å²) >= 11 is 1.85. The average Bonchev–Trinajstić information content (AvgIpc) is 3.74. The van der Waals surface area contributed by atoms with Gasteiger partial charge in [-0.3, -0.25) is 0 Å². The molecule has 230 valence electrons. The van der Waals surface area contributed by atoms with Gasteiger partial charge in [0, 0.05) is 53.6 Å². The maximum absolute atomic E-state index is 6.40. The molecule has 0 spiro atoms. The number of hydrogen-bond donors (Lipinski definition) is 0. The van der Waals surface area contributed by atoms with Crippen LogP contribution in [0.15, 0.2) is 180 Å². The summed E-state index contributed by atoms with van der Waals surface area (Å²) in [6, 6.07) is 63.3. The van der Waals surface area contributed by atoms with Gasteiger partial charge in [-0.25, -0.2) is 0 Å². The van der Waals surface area contributed by atoms with Gasteiger partial charge in [0.2, 0.25) is 0 Å². The van der Waals surface area contributed by atoms with Crippen LogP contribution in [0.3, 0.4) is 0 Å². The van der Waals surface area contributed by atoms with Gasteiger partial charge in [0.1, 0.15) is 11.2 Å². The van der Waals surface area contributed by atoms with Crippen LogP contribution >= 0.6 is 11.3 Å². The molecule has 49 heavy (non-hydrogen) atoms. The standard InChI is InChI=1S/C46H29NOS/c1-2-10-32-27-34(20-19-30(32)9-1)33-11-7-12-36(28-33)47(37-25-26-45-42(29-37)40-14-4-6-18-44(40)49-45)35-23-21-31(22-24-35)38-15-8-16-41-39-13-3-5-17-43(39)48-46(38)41/h1-29H. The first kappa shape index (κ1) is 27.9. The first-order valence-electron chi connectivity index (χ1n) is 16.6. The Hall–Kier alpha value is -6.16. The monoisotopic (exact) mass is 643 g/mol. The van der Waals surface area contributed by atoms with E-state index in [0.717, 1.165) is 50.1 Å². The van der Waals surface area contributed by atoms with E-state index >= 15 is 0 Å². The molecule has 0 radical (unpaired) electrons. The second-order valence-corrected chi connectivity index (χ2v) is 13.6. The lowest BCUT2D eigenvalue weighted by atomic mass is 10.00. The summed E-state index contributed by atoms with van der Waals surface area (Å²) < 4.78 is 9.00. The van der Waals surface area contributed by atoms with E-state index in [1.807, 2.05) is 23.5 Å². The predicted molar refractivity (Wildman–Crippen MR) is 210 cm³/mol. The van der Waals surface area contributed by atoms with Gasteiger partial charge < -0.3 is 9.32 Å². The largest absolute Gasteiger partial charge is 0.455 e. The van der Waals surface area contributed by atoms with Crippen molar-refractivity contribution in [2.24, 2.45) is 0 Å². The van der Waals surface area contributed by atoms with Crippen LogP contribution in [0.4, 0.5) is 17.1 Å². The summed E-state index contributed by atoms with van der Waals surface area (Å²) in [7, 11) is 0. The zero-order valence-electron chi connectivity index (χ0n) is 26.5. The van der Waals surface area contributed by atoms with E-state index in [1.165, 1.54) is 42.1 Å². The number of furan rings is 1. The smallest absolute Gasteiger partial charge is 0.143 e. The molecule has 0 amide bonds. The van der Waals surface area contributed by atoms with Crippen molar-refractivity contribution in [1.29, 1.82) is 0 Å². The Morgan fingerprint density at radius 1 is 0.388 bits per heavy atom. The molecule has 0 bridgehead atoms. The highest BCUT2D eigenvalue weighted by atomic mass is 32.1. The van der Waals surface area contributed by atoms with Crippen LogP contribution in [0.5, 0.6) is 0 Å². The number of fused-ring (bicyclic) bond motifs is 7. The fraction of sp³-hybridized carbons (Fsp3) is 0. The lowest BCUT2D eigenvalue weighted by Crippen LogP contribution is -2.10.